The predicted octanol–water partition coefficient (Wildman–Crippen LogP) is 3.26. The maximum atomic E-state index is 12.1. The van der Waals surface area contributed by atoms with E-state index in [0.29, 0.717) is 22.6 Å². The molecule has 1 N–H and O–H groups in total. The number of carbonyl (C=O) groups excluding carboxylic acids is 2. The molecule has 0 unspecified atom stereocenters. The Labute approximate surface area is 138 Å². The smallest absolute Gasteiger partial charge is 0.337 e. The number of hydrogen-bond acceptors (Lipinski definition) is 5. The summed E-state index contributed by atoms with van der Waals surface area (Å²) in [6, 6.07) is 11.6. The lowest BCUT2D eigenvalue weighted by molar-refractivity contribution is 0.0600. The zero-order chi connectivity index (χ0) is 16.9. The monoisotopic (exact) mass is 325 g/mol. The van der Waals surface area contributed by atoms with Crippen molar-refractivity contribution in [3.63, 3.8) is 0 Å². The molecule has 1 amide bonds. The number of carbonyl (C=O) groups is 2. The van der Waals surface area contributed by atoms with Crippen molar-refractivity contribution in [2.24, 2.45) is 0 Å². The normalized spacial score (nSPS) is 10.4. The molecular weight excluding hydrogens is 310 g/mol. The fourth-order valence-corrected chi connectivity index (χ4v) is 2.18. The van der Waals surface area contributed by atoms with Gasteiger partial charge in [-0.15, -0.1) is 0 Å². The van der Waals surface area contributed by atoms with Crippen molar-refractivity contribution in [2.45, 2.75) is 6.54 Å². The van der Waals surface area contributed by atoms with Crippen molar-refractivity contribution in [3.8, 4) is 11.3 Å². The molecule has 1 aromatic carbocycles. The Morgan fingerprint density at radius 3 is 2.46 bits per heavy atom. The van der Waals surface area contributed by atoms with E-state index in [9.17, 15) is 9.59 Å². The largest absolute Gasteiger partial charge is 0.472 e. The van der Waals surface area contributed by atoms with E-state index in [4.69, 9.17) is 8.83 Å². The summed E-state index contributed by atoms with van der Waals surface area (Å²) >= 11 is 0. The van der Waals surface area contributed by atoms with E-state index >= 15 is 0 Å². The summed E-state index contributed by atoms with van der Waals surface area (Å²) in [7, 11) is 1.31. The average Bonchev–Trinajstić information content (AvgIpc) is 3.30. The SMILES string of the molecule is COC(=O)c1ccc(C(=O)NCc2ccc(-c3ccoc3)o2)cc1. The number of benzene rings is 1. The molecule has 3 aromatic rings. The molecule has 0 spiro atoms. The van der Waals surface area contributed by atoms with Gasteiger partial charge in [0.05, 0.1) is 31.0 Å². The highest BCUT2D eigenvalue weighted by Crippen LogP contribution is 2.22. The minimum atomic E-state index is -0.440. The lowest BCUT2D eigenvalue weighted by Gasteiger charge is -2.04. The molecule has 0 radical (unpaired) electrons. The van der Waals surface area contributed by atoms with Crippen LogP contribution in [-0.2, 0) is 11.3 Å². The highest BCUT2D eigenvalue weighted by atomic mass is 16.5. The summed E-state index contributed by atoms with van der Waals surface area (Å²) < 4.78 is 15.3. The topological polar surface area (TPSA) is 81.7 Å². The van der Waals surface area contributed by atoms with Gasteiger partial charge in [0.2, 0.25) is 0 Å². The average molecular weight is 325 g/mol. The van der Waals surface area contributed by atoms with E-state index in [1.165, 1.54) is 7.11 Å². The highest BCUT2D eigenvalue weighted by Gasteiger charge is 2.10. The lowest BCUT2D eigenvalue weighted by atomic mass is 10.1. The van der Waals surface area contributed by atoms with Crippen molar-refractivity contribution in [1.29, 1.82) is 0 Å². The van der Waals surface area contributed by atoms with Gasteiger partial charge in [0, 0.05) is 5.56 Å². The molecule has 0 aliphatic carbocycles. The lowest BCUT2D eigenvalue weighted by Crippen LogP contribution is -2.22. The van der Waals surface area contributed by atoms with Crippen LogP contribution >= 0.6 is 0 Å². The summed E-state index contributed by atoms with van der Waals surface area (Å²) in [5.74, 6) is 0.609. The van der Waals surface area contributed by atoms with E-state index in [0.717, 1.165) is 5.56 Å². The van der Waals surface area contributed by atoms with Gasteiger partial charge in [0.15, 0.2) is 0 Å². The molecule has 0 bridgehead atoms. The molecule has 6 nitrogen and oxygen atoms in total. The van der Waals surface area contributed by atoms with Gasteiger partial charge in [-0.2, -0.15) is 0 Å². The van der Waals surface area contributed by atoms with Crippen LogP contribution in [-0.4, -0.2) is 19.0 Å². The van der Waals surface area contributed by atoms with Crippen LogP contribution in [0.25, 0.3) is 11.3 Å². The Bertz CT molecular complexity index is 831. The Kier molecular flexibility index (Phi) is 4.47. The number of ether oxygens (including phenoxy) is 1. The van der Waals surface area contributed by atoms with Gasteiger partial charge in [-0.25, -0.2) is 4.79 Å². The second kappa shape index (κ2) is 6.87. The molecule has 0 saturated heterocycles. The summed E-state index contributed by atoms with van der Waals surface area (Å²) in [5, 5.41) is 2.76. The first kappa shape index (κ1) is 15.6. The zero-order valence-electron chi connectivity index (χ0n) is 12.9. The Hall–Kier alpha value is -3.28. The number of rotatable bonds is 5. The van der Waals surface area contributed by atoms with Crippen LogP contribution in [0.15, 0.2) is 63.8 Å². The molecule has 24 heavy (non-hydrogen) atoms. The van der Waals surface area contributed by atoms with Crippen LogP contribution in [0.1, 0.15) is 26.5 Å². The van der Waals surface area contributed by atoms with Crippen LogP contribution < -0.4 is 5.32 Å². The van der Waals surface area contributed by atoms with Gasteiger partial charge in [0.1, 0.15) is 17.8 Å². The van der Waals surface area contributed by atoms with Crippen molar-refractivity contribution in [1.82, 2.24) is 5.32 Å². The standard InChI is InChI=1S/C18H15NO5/c1-22-18(21)13-4-2-12(3-5-13)17(20)19-10-15-6-7-16(24-15)14-8-9-23-11-14/h2-9,11H,10H2,1H3,(H,19,20). The first-order valence-electron chi connectivity index (χ1n) is 7.25. The fraction of sp³-hybridized carbons (Fsp3) is 0.111. The van der Waals surface area contributed by atoms with Gasteiger partial charge in [0.25, 0.3) is 5.91 Å². The maximum Gasteiger partial charge on any atom is 0.337 e. The van der Waals surface area contributed by atoms with Crippen LogP contribution in [0.4, 0.5) is 0 Å². The molecular formula is C18H15NO5. The number of amides is 1. The van der Waals surface area contributed by atoms with Gasteiger partial charge < -0.3 is 18.9 Å². The molecule has 122 valence electrons. The fourth-order valence-electron chi connectivity index (χ4n) is 2.18. The molecule has 0 atom stereocenters. The van der Waals surface area contributed by atoms with Gasteiger partial charge >= 0.3 is 5.97 Å². The van der Waals surface area contributed by atoms with E-state index in [1.54, 1.807) is 48.9 Å². The highest BCUT2D eigenvalue weighted by molar-refractivity contribution is 5.96. The minimum Gasteiger partial charge on any atom is -0.472 e. The molecule has 6 heteroatoms. The molecule has 0 fully saturated rings. The van der Waals surface area contributed by atoms with Gasteiger partial charge in [-0.1, -0.05) is 0 Å². The number of hydrogen-bond donors (Lipinski definition) is 1. The summed E-state index contributed by atoms with van der Waals surface area (Å²) in [4.78, 5) is 23.5. The molecule has 0 saturated carbocycles. The quantitative estimate of drug-likeness (QED) is 0.728. The van der Waals surface area contributed by atoms with E-state index < -0.39 is 5.97 Å². The molecule has 2 heterocycles. The molecule has 0 aliphatic rings. The van der Waals surface area contributed by atoms with Gasteiger partial charge in [-0.3, -0.25) is 4.79 Å². The van der Waals surface area contributed by atoms with Crippen LogP contribution in [0.3, 0.4) is 0 Å². The third-order valence-electron chi connectivity index (χ3n) is 3.46. The molecule has 3 rings (SSSR count). The summed E-state index contributed by atoms with van der Waals surface area (Å²) in [6.45, 7) is 0.259. The van der Waals surface area contributed by atoms with Crippen LogP contribution in [0.2, 0.25) is 0 Å². The second-order valence-corrected chi connectivity index (χ2v) is 5.03. The Morgan fingerprint density at radius 1 is 1.04 bits per heavy atom. The first-order chi connectivity index (χ1) is 11.7. The predicted molar refractivity (Wildman–Crippen MR) is 85.4 cm³/mol. The van der Waals surface area contributed by atoms with Crippen LogP contribution in [0.5, 0.6) is 0 Å². The van der Waals surface area contributed by atoms with Gasteiger partial charge in [-0.05, 0) is 42.5 Å². The zero-order valence-corrected chi connectivity index (χ0v) is 12.9. The minimum absolute atomic E-state index is 0.257. The summed E-state index contributed by atoms with van der Waals surface area (Å²) in [6.07, 6.45) is 3.15. The number of methoxy groups -OCH3 is 1. The van der Waals surface area contributed by atoms with E-state index in [1.807, 2.05) is 6.07 Å². The number of furan rings is 2. The van der Waals surface area contributed by atoms with Crippen molar-refractivity contribution < 1.29 is 23.2 Å². The maximum absolute atomic E-state index is 12.1. The Morgan fingerprint density at radius 2 is 1.79 bits per heavy atom. The van der Waals surface area contributed by atoms with Crippen LogP contribution in [0, 0.1) is 0 Å². The number of nitrogens with one attached hydrogen (secondary N) is 1. The van der Waals surface area contributed by atoms with E-state index in [2.05, 4.69) is 10.1 Å². The molecule has 0 aliphatic heterocycles. The molecule has 2 aromatic heterocycles. The Balaban J connectivity index is 1.60. The van der Waals surface area contributed by atoms with Crippen molar-refractivity contribution >= 4 is 11.9 Å². The first-order valence-corrected chi connectivity index (χ1v) is 7.25. The third kappa shape index (κ3) is 3.38. The number of esters is 1. The van der Waals surface area contributed by atoms with Crippen molar-refractivity contribution in [2.75, 3.05) is 7.11 Å². The summed E-state index contributed by atoms with van der Waals surface area (Å²) in [5.41, 5.74) is 1.68. The van der Waals surface area contributed by atoms with Crippen molar-refractivity contribution in [3.05, 3.63) is 71.9 Å². The second-order valence-electron chi connectivity index (χ2n) is 5.03. The third-order valence-corrected chi connectivity index (χ3v) is 3.46. The van der Waals surface area contributed by atoms with E-state index in [-0.39, 0.29) is 12.5 Å².